The number of nitrogens with one attached hydrogen (secondary N) is 1. The van der Waals surface area contributed by atoms with Gasteiger partial charge in [-0.1, -0.05) is 47.5 Å². The lowest BCUT2D eigenvalue weighted by Gasteiger charge is -2.04. The Labute approximate surface area is 126 Å². The number of rotatable bonds is 2. The number of benzene rings is 2. The number of Topliss-reactive ketones (excluding diaryl/α,β-unsaturated/α-hetero) is 1. The largest absolute Gasteiger partial charge is 0.354 e. The molecule has 0 radical (unpaired) electrons. The van der Waals surface area contributed by atoms with Crippen molar-refractivity contribution in [2.45, 2.75) is 6.92 Å². The van der Waals surface area contributed by atoms with Crippen LogP contribution in [-0.4, -0.2) is 10.8 Å². The van der Waals surface area contributed by atoms with Crippen LogP contribution in [0.4, 0.5) is 0 Å². The molecule has 0 amide bonds. The average Bonchev–Trinajstić information content (AvgIpc) is 2.81. The van der Waals surface area contributed by atoms with Crippen LogP contribution >= 0.6 is 23.2 Å². The Morgan fingerprint density at radius 3 is 2.50 bits per heavy atom. The molecule has 0 unspecified atom stereocenters. The number of aromatic amines is 1. The van der Waals surface area contributed by atoms with E-state index in [2.05, 4.69) is 4.98 Å². The van der Waals surface area contributed by atoms with Crippen molar-refractivity contribution in [3.63, 3.8) is 0 Å². The van der Waals surface area contributed by atoms with Crippen molar-refractivity contribution in [3.05, 3.63) is 58.1 Å². The van der Waals surface area contributed by atoms with E-state index in [-0.39, 0.29) is 5.78 Å². The number of fused-ring (bicyclic) bond motifs is 1. The highest BCUT2D eigenvalue weighted by atomic mass is 35.5. The molecular formula is C16H11Cl2NO. The summed E-state index contributed by atoms with van der Waals surface area (Å²) in [5, 5.41) is 1.88. The lowest BCUT2D eigenvalue weighted by molar-refractivity contribution is 0.102. The van der Waals surface area contributed by atoms with E-state index >= 15 is 0 Å². The van der Waals surface area contributed by atoms with Crippen LogP contribution in [0.15, 0.2) is 42.5 Å². The van der Waals surface area contributed by atoms with Crippen molar-refractivity contribution in [3.8, 4) is 11.3 Å². The summed E-state index contributed by atoms with van der Waals surface area (Å²) in [6.45, 7) is 1.57. The number of hydrogen-bond acceptors (Lipinski definition) is 1. The molecule has 0 aliphatic rings. The zero-order valence-corrected chi connectivity index (χ0v) is 12.2. The number of H-pyrrole nitrogens is 1. The average molecular weight is 304 g/mol. The fourth-order valence-corrected chi connectivity index (χ4v) is 2.67. The van der Waals surface area contributed by atoms with Gasteiger partial charge in [0.2, 0.25) is 0 Å². The number of hydrogen-bond donors (Lipinski definition) is 1. The second kappa shape index (κ2) is 4.97. The summed E-state index contributed by atoms with van der Waals surface area (Å²) in [5.41, 5.74) is 3.23. The van der Waals surface area contributed by atoms with Crippen molar-refractivity contribution in [1.29, 1.82) is 0 Å². The van der Waals surface area contributed by atoms with E-state index in [0.29, 0.717) is 15.6 Å². The topological polar surface area (TPSA) is 32.9 Å². The highest BCUT2D eigenvalue weighted by molar-refractivity contribution is 6.42. The Morgan fingerprint density at radius 1 is 1.05 bits per heavy atom. The van der Waals surface area contributed by atoms with E-state index in [4.69, 9.17) is 23.2 Å². The third kappa shape index (κ3) is 2.11. The van der Waals surface area contributed by atoms with E-state index in [1.807, 2.05) is 30.3 Å². The predicted octanol–water partition coefficient (Wildman–Crippen LogP) is 5.34. The van der Waals surface area contributed by atoms with Gasteiger partial charge in [-0.3, -0.25) is 4.79 Å². The second-order valence-corrected chi connectivity index (χ2v) is 5.42. The number of halogens is 2. The van der Waals surface area contributed by atoms with Crippen LogP contribution in [0, 0.1) is 0 Å². The van der Waals surface area contributed by atoms with Gasteiger partial charge in [0.1, 0.15) is 0 Å². The molecular weight excluding hydrogens is 293 g/mol. The van der Waals surface area contributed by atoms with Gasteiger partial charge >= 0.3 is 0 Å². The molecule has 0 aliphatic carbocycles. The number of aromatic nitrogens is 1. The third-order valence-electron chi connectivity index (χ3n) is 3.27. The van der Waals surface area contributed by atoms with Crippen molar-refractivity contribution in [1.82, 2.24) is 4.98 Å². The number of carbonyl (C=O) groups excluding carboxylic acids is 1. The molecule has 0 atom stereocenters. The maximum atomic E-state index is 12.0. The molecule has 2 aromatic carbocycles. The Balaban J connectivity index is 2.32. The van der Waals surface area contributed by atoms with Gasteiger partial charge < -0.3 is 4.98 Å². The third-order valence-corrected chi connectivity index (χ3v) is 4.01. The van der Waals surface area contributed by atoms with Gasteiger partial charge in [-0.25, -0.2) is 0 Å². The Hall–Kier alpha value is -1.77. The zero-order chi connectivity index (χ0) is 14.3. The minimum Gasteiger partial charge on any atom is -0.354 e. The van der Waals surface area contributed by atoms with Crippen LogP contribution in [0.25, 0.3) is 22.2 Å². The Bertz CT molecular complexity index is 820. The van der Waals surface area contributed by atoms with Gasteiger partial charge in [-0.2, -0.15) is 0 Å². The number of carbonyl (C=O) groups is 1. The highest BCUT2D eigenvalue weighted by Gasteiger charge is 2.16. The van der Waals surface area contributed by atoms with Crippen molar-refractivity contribution >= 4 is 39.9 Å². The van der Waals surface area contributed by atoms with E-state index in [1.54, 1.807) is 19.1 Å². The summed E-state index contributed by atoms with van der Waals surface area (Å²) in [6, 6.07) is 13.1. The predicted molar refractivity (Wildman–Crippen MR) is 83.8 cm³/mol. The summed E-state index contributed by atoms with van der Waals surface area (Å²) in [4.78, 5) is 15.3. The molecule has 4 heteroatoms. The van der Waals surface area contributed by atoms with Crippen LogP contribution in [0.2, 0.25) is 10.0 Å². The molecule has 0 bridgehead atoms. The first-order valence-electron chi connectivity index (χ1n) is 6.15. The van der Waals surface area contributed by atoms with Gasteiger partial charge in [0.05, 0.1) is 21.3 Å². The smallest absolute Gasteiger partial charge is 0.162 e. The fraction of sp³-hybridized carbons (Fsp3) is 0.0625. The molecule has 2 nitrogen and oxygen atoms in total. The van der Waals surface area contributed by atoms with Crippen LogP contribution in [0.1, 0.15) is 17.3 Å². The minimum atomic E-state index is 0.0172. The van der Waals surface area contributed by atoms with Gasteiger partial charge in [0, 0.05) is 16.5 Å². The first-order valence-corrected chi connectivity index (χ1v) is 6.90. The van der Waals surface area contributed by atoms with Crippen molar-refractivity contribution in [2.24, 2.45) is 0 Å². The van der Waals surface area contributed by atoms with Gasteiger partial charge in [0.25, 0.3) is 0 Å². The Morgan fingerprint density at radius 2 is 1.80 bits per heavy atom. The molecule has 0 aliphatic heterocycles. The highest BCUT2D eigenvalue weighted by Crippen LogP contribution is 2.33. The normalized spacial score (nSPS) is 10.9. The van der Waals surface area contributed by atoms with E-state index in [9.17, 15) is 4.79 Å². The minimum absolute atomic E-state index is 0.0172. The number of ketones is 1. The van der Waals surface area contributed by atoms with Crippen LogP contribution < -0.4 is 0 Å². The Kier molecular flexibility index (Phi) is 3.28. The fourth-order valence-electron chi connectivity index (χ4n) is 2.38. The van der Waals surface area contributed by atoms with Gasteiger partial charge in [-0.05, 0) is 25.1 Å². The van der Waals surface area contributed by atoms with Gasteiger partial charge in [-0.15, -0.1) is 0 Å². The molecule has 100 valence electrons. The summed E-state index contributed by atoms with van der Waals surface area (Å²) in [6.07, 6.45) is 0. The lowest BCUT2D eigenvalue weighted by atomic mass is 10.0. The molecule has 0 saturated carbocycles. The van der Waals surface area contributed by atoms with Gasteiger partial charge in [0.15, 0.2) is 5.78 Å². The molecule has 0 spiro atoms. The maximum Gasteiger partial charge on any atom is 0.162 e. The van der Waals surface area contributed by atoms with E-state index < -0.39 is 0 Å². The SMILES string of the molecule is CC(=O)c1c(-c2ccc(Cl)c(Cl)c2)[nH]c2ccccc12. The maximum absolute atomic E-state index is 12.0. The molecule has 1 aromatic heterocycles. The van der Waals surface area contributed by atoms with E-state index in [0.717, 1.165) is 22.2 Å². The molecule has 0 fully saturated rings. The molecule has 20 heavy (non-hydrogen) atoms. The zero-order valence-electron chi connectivity index (χ0n) is 10.7. The molecule has 3 rings (SSSR count). The van der Waals surface area contributed by atoms with Crippen molar-refractivity contribution in [2.75, 3.05) is 0 Å². The molecule has 3 aromatic rings. The molecule has 1 heterocycles. The summed E-state index contributed by atoms with van der Waals surface area (Å²) in [7, 11) is 0. The summed E-state index contributed by atoms with van der Waals surface area (Å²) >= 11 is 12.0. The number of para-hydroxylation sites is 1. The monoisotopic (exact) mass is 303 g/mol. The first kappa shape index (κ1) is 13.2. The summed E-state index contributed by atoms with van der Waals surface area (Å²) in [5.74, 6) is 0.0172. The standard InChI is InChI=1S/C16H11Cl2NO/c1-9(20)15-11-4-2-3-5-14(11)19-16(15)10-6-7-12(17)13(18)8-10/h2-8,19H,1H3. The van der Waals surface area contributed by atoms with E-state index in [1.165, 1.54) is 0 Å². The quantitative estimate of drug-likeness (QED) is 0.636. The summed E-state index contributed by atoms with van der Waals surface area (Å²) < 4.78 is 0. The molecule has 0 saturated heterocycles. The molecule has 1 N–H and O–H groups in total. The van der Waals surface area contributed by atoms with Crippen LogP contribution in [0.5, 0.6) is 0 Å². The first-order chi connectivity index (χ1) is 9.58. The van der Waals surface area contributed by atoms with Crippen molar-refractivity contribution < 1.29 is 4.79 Å². The second-order valence-electron chi connectivity index (χ2n) is 4.61. The van der Waals surface area contributed by atoms with Crippen LogP contribution in [-0.2, 0) is 0 Å². The lowest BCUT2D eigenvalue weighted by Crippen LogP contribution is -1.94. The van der Waals surface area contributed by atoms with Crippen LogP contribution in [0.3, 0.4) is 0 Å².